The maximum atomic E-state index is 13.0. The normalized spacial score (nSPS) is 14.1. The highest BCUT2D eigenvalue weighted by Crippen LogP contribution is 2.42. The molecule has 1 fully saturated rings. The molecule has 3 aromatic carbocycles. The molecule has 10 heteroatoms. The van der Waals surface area contributed by atoms with Crippen molar-refractivity contribution in [3.63, 3.8) is 0 Å². The molecule has 1 aliphatic rings. The van der Waals surface area contributed by atoms with Crippen molar-refractivity contribution >= 4 is 44.3 Å². The Labute approximate surface area is 254 Å². The first kappa shape index (κ1) is 28.0. The van der Waals surface area contributed by atoms with Crippen LogP contribution >= 0.6 is 0 Å². The molecule has 3 aromatic heterocycles. The van der Waals surface area contributed by atoms with Gasteiger partial charge in [0, 0.05) is 39.1 Å². The minimum absolute atomic E-state index is 0.0560. The van der Waals surface area contributed by atoms with Gasteiger partial charge in [-0.1, -0.05) is 35.5 Å². The van der Waals surface area contributed by atoms with E-state index in [9.17, 15) is 4.79 Å². The summed E-state index contributed by atoms with van der Waals surface area (Å²) in [4.78, 5) is 26.2. The van der Waals surface area contributed by atoms with Gasteiger partial charge in [0.25, 0.3) is 0 Å². The number of amides is 1. The fraction of sp³-hybridized carbons (Fsp3) is 0.294. The number of H-pyrrole nitrogens is 1. The highest BCUT2D eigenvalue weighted by atomic mass is 16.5. The van der Waals surface area contributed by atoms with E-state index in [4.69, 9.17) is 19.2 Å². The number of aryl methyl sites for hydroxylation is 3. The van der Waals surface area contributed by atoms with E-state index in [2.05, 4.69) is 38.2 Å². The number of anilines is 1. The SMILES string of the molecule is COc1cc2c(cc1-c1c(C)noc1C)[nH]c1nc(C)nc(-c3ccc(NC(=O)CNC4CCNCC4)c4ccccc34)c12. The third kappa shape index (κ3) is 4.95. The molecule has 4 N–H and O–H groups in total. The second-order valence-corrected chi connectivity index (χ2v) is 11.4. The summed E-state index contributed by atoms with van der Waals surface area (Å²) < 4.78 is 11.3. The Bertz CT molecular complexity index is 2020. The number of hydrogen-bond acceptors (Lipinski definition) is 8. The van der Waals surface area contributed by atoms with Gasteiger partial charge in [0.05, 0.1) is 36.0 Å². The molecule has 0 bridgehead atoms. The zero-order valence-corrected chi connectivity index (χ0v) is 25.3. The zero-order valence-electron chi connectivity index (χ0n) is 25.3. The van der Waals surface area contributed by atoms with E-state index in [1.807, 2.05) is 57.2 Å². The molecule has 4 heterocycles. The van der Waals surface area contributed by atoms with Crippen molar-refractivity contribution in [2.24, 2.45) is 0 Å². The molecule has 1 aliphatic heterocycles. The van der Waals surface area contributed by atoms with Gasteiger partial charge in [-0.2, -0.15) is 0 Å². The van der Waals surface area contributed by atoms with Gasteiger partial charge in [-0.05, 0) is 70.3 Å². The van der Waals surface area contributed by atoms with E-state index in [1.54, 1.807) is 7.11 Å². The lowest BCUT2D eigenvalue weighted by molar-refractivity contribution is -0.115. The van der Waals surface area contributed by atoms with Crippen LogP contribution in [0.1, 0.15) is 30.1 Å². The van der Waals surface area contributed by atoms with E-state index < -0.39 is 0 Å². The van der Waals surface area contributed by atoms with E-state index in [-0.39, 0.29) is 12.5 Å². The maximum Gasteiger partial charge on any atom is 0.238 e. The van der Waals surface area contributed by atoms with Crippen LogP contribution in [0, 0.1) is 20.8 Å². The van der Waals surface area contributed by atoms with Crippen molar-refractivity contribution in [1.82, 2.24) is 30.7 Å². The fourth-order valence-electron chi connectivity index (χ4n) is 6.43. The summed E-state index contributed by atoms with van der Waals surface area (Å²) in [6.07, 6.45) is 2.05. The van der Waals surface area contributed by atoms with Gasteiger partial charge in [-0.15, -0.1) is 0 Å². The molecule has 224 valence electrons. The smallest absolute Gasteiger partial charge is 0.238 e. The second-order valence-electron chi connectivity index (χ2n) is 11.4. The number of piperidine rings is 1. The highest BCUT2D eigenvalue weighted by Gasteiger charge is 2.22. The Hall–Kier alpha value is -4.80. The average Bonchev–Trinajstić information content (AvgIpc) is 3.57. The summed E-state index contributed by atoms with van der Waals surface area (Å²) in [6.45, 7) is 7.96. The van der Waals surface area contributed by atoms with Crippen LogP contribution < -0.4 is 20.7 Å². The van der Waals surface area contributed by atoms with Crippen LogP contribution in [0.5, 0.6) is 5.75 Å². The van der Waals surface area contributed by atoms with Crippen molar-refractivity contribution in [1.29, 1.82) is 0 Å². The molecule has 0 radical (unpaired) electrons. The summed E-state index contributed by atoms with van der Waals surface area (Å²) in [7, 11) is 1.67. The number of methoxy groups -OCH3 is 1. The van der Waals surface area contributed by atoms with Gasteiger partial charge >= 0.3 is 0 Å². The summed E-state index contributed by atoms with van der Waals surface area (Å²) in [5, 5.41) is 17.8. The molecule has 0 atom stereocenters. The Morgan fingerprint density at radius 1 is 1.00 bits per heavy atom. The van der Waals surface area contributed by atoms with Crippen LogP contribution in [0.4, 0.5) is 5.69 Å². The van der Waals surface area contributed by atoms with Crippen LogP contribution in [-0.4, -0.2) is 58.8 Å². The van der Waals surface area contributed by atoms with E-state index in [0.717, 1.165) is 98.2 Å². The minimum Gasteiger partial charge on any atom is -0.496 e. The predicted molar refractivity (Wildman–Crippen MR) is 173 cm³/mol. The Morgan fingerprint density at radius 3 is 2.55 bits per heavy atom. The molecule has 1 amide bonds. The van der Waals surface area contributed by atoms with Crippen LogP contribution in [-0.2, 0) is 4.79 Å². The van der Waals surface area contributed by atoms with E-state index >= 15 is 0 Å². The van der Waals surface area contributed by atoms with Gasteiger partial charge in [0.2, 0.25) is 5.91 Å². The third-order valence-electron chi connectivity index (χ3n) is 8.53. The summed E-state index contributed by atoms with van der Waals surface area (Å²) in [5.74, 6) is 2.04. The van der Waals surface area contributed by atoms with Gasteiger partial charge in [-0.3, -0.25) is 4.79 Å². The monoisotopic (exact) mass is 589 g/mol. The first-order valence-electron chi connectivity index (χ1n) is 15.0. The van der Waals surface area contributed by atoms with Crippen LogP contribution in [0.25, 0.3) is 55.1 Å². The number of ether oxygens (including phenoxy) is 1. The quantitative estimate of drug-likeness (QED) is 0.184. The number of carbonyl (C=O) groups excluding carboxylic acids is 1. The van der Waals surface area contributed by atoms with Crippen molar-refractivity contribution in [2.45, 2.75) is 39.7 Å². The molecule has 1 saturated heterocycles. The first-order chi connectivity index (χ1) is 21.4. The first-order valence-corrected chi connectivity index (χ1v) is 15.0. The topological polar surface area (TPSA) is 130 Å². The lowest BCUT2D eigenvalue weighted by atomic mass is 9.97. The number of hydrogen-bond donors (Lipinski definition) is 4. The molecule has 6 aromatic rings. The molecule has 0 aliphatic carbocycles. The Morgan fingerprint density at radius 2 is 1.80 bits per heavy atom. The number of fused-ring (bicyclic) bond motifs is 4. The Kier molecular flexibility index (Phi) is 7.23. The predicted octanol–water partition coefficient (Wildman–Crippen LogP) is 5.80. The molecular weight excluding hydrogens is 554 g/mol. The minimum atomic E-state index is -0.0560. The van der Waals surface area contributed by atoms with Crippen molar-refractivity contribution in [3.8, 4) is 28.1 Å². The summed E-state index contributed by atoms with van der Waals surface area (Å²) in [6, 6.07) is 16.6. The molecule has 0 spiro atoms. The molecule has 0 unspecified atom stereocenters. The molecule has 10 nitrogen and oxygen atoms in total. The fourth-order valence-corrected chi connectivity index (χ4v) is 6.43. The van der Waals surface area contributed by atoms with Crippen molar-refractivity contribution < 1.29 is 14.1 Å². The summed E-state index contributed by atoms with van der Waals surface area (Å²) >= 11 is 0. The van der Waals surface area contributed by atoms with Gasteiger partial charge in [-0.25, -0.2) is 9.97 Å². The lowest BCUT2D eigenvalue weighted by Crippen LogP contribution is -2.42. The summed E-state index contributed by atoms with van der Waals surface area (Å²) in [5.41, 5.74) is 6.80. The molecule has 0 saturated carbocycles. The number of benzene rings is 3. The highest BCUT2D eigenvalue weighted by molar-refractivity contribution is 6.17. The number of aromatic amines is 1. The van der Waals surface area contributed by atoms with Crippen LogP contribution in [0.2, 0.25) is 0 Å². The van der Waals surface area contributed by atoms with Gasteiger partial charge in [0.15, 0.2) is 0 Å². The number of nitrogens with one attached hydrogen (secondary N) is 4. The van der Waals surface area contributed by atoms with Crippen LogP contribution in [0.15, 0.2) is 53.1 Å². The second kappa shape index (κ2) is 11.4. The lowest BCUT2D eigenvalue weighted by Gasteiger charge is -2.23. The number of rotatable bonds is 7. The zero-order chi connectivity index (χ0) is 30.4. The van der Waals surface area contributed by atoms with Crippen LogP contribution in [0.3, 0.4) is 0 Å². The molecule has 7 rings (SSSR count). The van der Waals surface area contributed by atoms with Crippen molar-refractivity contribution in [3.05, 3.63) is 65.8 Å². The van der Waals surface area contributed by atoms with Gasteiger partial charge < -0.3 is 30.2 Å². The maximum absolute atomic E-state index is 13.0. The largest absolute Gasteiger partial charge is 0.496 e. The Balaban J connectivity index is 1.32. The van der Waals surface area contributed by atoms with Gasteiger partial charge in [0.1, 0.15) is 23.0 Å². The molecule has 44 heavy (non-hydrogen) atoms. The standard InChI is InChI=1S/C34H35N7O3/c1-18-31(19(2)44-41-18)26-15-28-25(16-29(26)43-4)32-33(37-20(3)38-34(32)40-28)24-9-10-27(23-8-6-5-7-22(23)24)39-30(42)17-36-21-11-13-35-14-12-21/h5-10,15-16,21,35-36H,11-14,17H2,1-4H3,(H,39,42)(H,37,38,40). The van der Waals surface area contributed by atoms with E-state index in [1.165, 1.54) is 0 Å². The number of nitrogens with zero attached hydrogens (tertiary/aromatic N) is 3. The number of carbonyl (C=O) groups is 1. The average molecular weight is 590 g/mol. The number of aromatic nitrogens is 4. The van der Waals surface area contributed by atoms with Crippen molar-refractivity contribution in [2.75, 3.05) is 32.1 Å². The molecular formula is C34H35N7O3. The van der Waals surface area contributed by atoms with E-state index in [0.29, 0.717) is 17.6 Å². The third-order valence-corrected chi connectivity index (χ3v) is 8.53.